The van der Waals surface area contributed by atoms with Crippen LogP contribution in [0.25, 0.3) is 93.6 Å². The van der Waals surface area contributed by atoms with Gasteiger partial charge in [-0.05, 0) is 77.8 Å². The normalized spacial score (nSPS) is 14.4. The molecular weight excluding hydrogens is 619 g/mol. The second kappa shape index (κ2) is 10.8. The van der Waals surface area contributed by atoms with Gasteiger partial charge in [0.15, 0.2) is 0 Å². The van der Waals surface area contributed by atoms with E-state index in [9.17, 15) is 2.74 Å². The quantitative estimate of drug-likeness (QED) is 0.179. The first-order valence-corrected chi connectivity index (χ1v) is 16.8. The van der Waals surface area contributed by atoms with Crippen molar-refractivity contribution in [2.75, 3.05) is 0 Å². The molecule has 3 nitrogen and oxygen atoms in total. The summed E-state index contributed by atoms with van der Waals surface area (Å²) in [6.45, 7) is 0. The van der Waals surface area contributed by atoms with Gasteiger partial charge in [0, 0.05) is 43.7 Å². The minimum Gasteiger partial charge on any atom is -0.309 e. The summed E-state index contributed by atoms with van der Waals surface area (Å²) >= 11 is 0. The zero-order chi connectivity index (χ0) is 41.3. The molecule has 0 atom stereocenters. The lowest BCUT2D eigenvalue weighted by Crippen LogP contribution is -1.97. The standard InChI is InChI=1S/C48H31N3/c1-2-13-32(14-3-1)33-25-27-34(28-26-33)49-41-19-8-6-17-38(41)40-31-35(29-30-45(40)49)50-44-22-11-7-18-39(44)48-46(50)23-12-24-47(48)51-42-20-9-4-15-36(42)37-16-5-10-21-43(37)51/h1-31H/i1D,2D,3D,13D,14D,25D,26D,27D,28D. The van der Waals surface area contributed by atoms with Crippen LogP contribution in [0.2, 0.25) is 0 Å². The first kappa shape index (κ1) is 20.6. The van der Waals surface area contributed by atoms with E-state index in [1.165, 1.54) is 10.8 Å². The largest absolute Gasteiger partial charge is 0.309 e. The molecule has 3 heterocycles. The van der Waals surface area contributed by atoms with Crippen LogP contribution < -0.4 is 0 Å². The maximum atomic E-state index is 9.29. The van der Waals surface area contributed by atoms with E-state index in [2.05, 4.69) is 100 Å². The predicted molar refractivity (Wildman–Crippen MR) is 215 cm³/mol. The van der Waals surface area contributed by atoms with Gasteiger partial charge in [0.05, 0.1) is 51.1 Å². The maximum Gasteiger partial charge on any atom is 0.0645 e. The summed E-state index contributed by atoms with van der Waals surface area (Å²) in [4.78, 5) is 0. The molecular formula is C48H31N3. The van der Waals surface area contributed by atoms with Crippen molar-refractivity contribution in [1.29, 1.82) is 0 Å². The molecule has 51 heavy (non-hydrogen) atoms. The van der Waals surface area contributed by atoms with Crippen LogP contribution in [-0.4, -0.2) is 13.7 Å². The Morgan fingerprint density at radius 3 is 1.49 bits per heavy atom. The highest BCUT2D eigenvalue weighted by atomic mass is 15.0. The lowest BCUT2D eigenvalue weighted by atomic mass is 10.1. The lowest BCUT2D eigenvalue weighted by Gasteiger charge is -2.12. The van der Waals surface area contributed by atoms with E-state index in [1.54, 1.807) is 4.57 Å². The summed E-state index contributed by atoms with van der Waals surface area (Å²) in [6, 6.07) is 40.6. The van der Waals surface area contributed by atoms with Gasteiger partial charge in [-0.1, -0.05) is 121 Å². The highest BCUT2D eigenvalue weighted by molar-refractivity contribution is 6.17. The molecule has 0 aliphatic rings. The molecule has 238 valence electrons. The van der Waals surface area contributed by atoms with E-state index in [0.29, 0.717) is 11.0 Å². The zero-order valence-electron chi connectivity index (χ0n) is 36.0. The summed E-state index contributed by atoms with van der Waals surface area (Å²) in [7, 11) is 0. The van der Waals surface area contributed by atoms with Gasteiger partial charge in [0.1, 0.15) is 0 Å². The van der Waals surface area contributed by atoms with Crippen LogP contribution in [0.5, 0.6) is 0 Å². The average Bonchev–Trinajstić information content (AvgIpc) is 3.91. The van der Waals surface area contributed by atoms with Gasteiger partial charge >= 0.3 is 0 Å². The Kier molecular flexibility index (Phi) is 4.38. The van der Waals surface area contributed by atoms with Crippen LogP contribution in [-0.2, 0) is 0 Å². The predicted octanol–water partition coefficient (Wildman–Crippen LogP) is 12.6. The highest BCUT2D eigenvalue weighted by Crippen LogP contribution is 2.41. The second-order valence-corrected chi connectivity index (χ2v) is 12.7. The van der Waals surface area contributed by atoms with E-state index in [-0.39, 0.29) is 16.8 Å². The molecule has 0 saturated heterocycles. The zero-order valence-corrected chi connectivity index (χ0v) is 27.0. The van der Waals surface area contributed by atoms with Gasteiger partial charge in [-0.25, -0.2) is 0 Å². The van der Waals surface area contributed by atoms with Crippen LogP contribution in [0.15, 0.2) is 188 Å². The topological polar surface area (TPSA) is 14.8 Å². The Balaban J connectivity index is 1.16. The van der Waals surface area contributed by atoms with Crippen molar-refractivity contribution in [3.05, 3.63) is 188 Å². The van der Waals surface area contributed by atoms with Crippen molar-refractivity contribution in [3.8, 4) is 28.2 Å². The Morgan fingerprint density at radius 2 is 0.824 bits per heavy atom. The summed E-state index contributed by atoms with van der Waals surface area (Å²) in [6.07, 6.45) is 0. The molecule has 3 heteroatoms. The van der Waals surface area contributed by atoms with E-state index in [1.807, 2.05) is 42.5 Å². The molecule has 8 aromatic carbocycles. The van der Waals surface area contributed by atoms with Crippen molar-refractivity contribution >= 4 is 65.4 Å². The van der Waals surface area contributed by atoms with E-state index < -0.39 is 54.4 Å². The average molecular weight is 659 g/mol. The monoisotopic (exact) mass is 658 g/mol. The molecule has 3 aromatic heterocycles. The van der Waals surface area contributed by atoms with Gasteiger partial charge in [0.2, 0.25) is 0 Å². The van der Waals surface area contributed by atoms with Gasteiger partial charge < -0.3 is 13.7 Å². The Labute approximate surface area is 307 Å². The first-order chi connectivity index (χ1) is 29.1. The van der Waals surface area contributed by atoms with E-state index in [4.69, 9.17) is 9.60 Å². The van der Waals surface area contributed by atoms with Crippen molar-refractivity contribution < 1.29 is 12.3 Å². The molecule has 0 radical (unpaired) electrons. The molecule has 11 aromatic rings. The summed E-state index contributed by atoms with van der Waals surface area (Å²) in [5.41, 5.74) is 6.82. The van der Waals surface area contributed by atoms with Gasteiger partial charge in [-0.15, -0.1) is 0 Å². The number of hydrogen-bond donors (Lipinski definition) is 0. The summed E-state index contributed by atoms with van der Waals surface area (Å²) in [5, 5.41) is 6.23. The lowest BCUT2D eigenvalue weighted by molar-refractivity contribution is 1.16. The molecule has 0 aliphatic carbocycles. The fourth-order valence-electron chi connectivity index (χ4n) is 7.91. The smallest absolute Gasteiger partial charge is 0.0645 e. The van der Waals surface area contributed by atoms with Crippen LogP contribution in [0.1, 0.15) is 12.3 Å². The fraction of sp³-hybridized carbons (Fsp3) is 0. The third kappa shape index (κ3) is 4.06. The number of hydrogen-bond acceptors (Lipinski definition) is 0. The van der Waals surface area contributed by atoms with Crippen LogP contribution in [0.3, 0.4) is 0 Å². The third-order valence-electron chi connectivity index (χ3n) is 10.00. The molecule has 0 N–H and O–H groups in total. The van der Waals surface area contributed by atoms with Gasteiger partial charge in [0.25, 0.3) is 0 Å². The Bertz CT molecular complexity index is 3560. The molecule has 0 spiro atoms. The third-order valence-corrected chi connectivity index (χ3v) is 10.00. The highest BCUT2D eigenvalue weighted by Gasteiger charge is 2.20. The van der Waals surface area contributed by atoms with Gasteiger partial charge in [-0.2, -0.15) is 0 Å². The van der Waals surface area contributed by atoms with E-state index in [0.717, 1.165) is 55.0 Å². The van der Waals surface area contributed by atoms with Crippen LogP contribution >= 0.6 is 0 Å². The van der Waals surface area contributed by atoms with Crippen LogP contribution in [0, 0.1) is 0 Å². The summed E-state index contributed by atoms with van der Waals surface area (Å²) in [5.74, 6) is 0. The number of para-hydroxylation sites is 4. The Morgan fingerprint density at radius 1 is 0.333 bits per heavy atom. The second-order valence-electron chi connectivity index (χ2n) is 12.7. The van der Waals surface area contributed by atoms with Crippen LogP contribution in [0.4, 0.5) is 0 Å². The van der Waals surface area contributed by atoms with Crippen molar-refractivity contribution in [1.82, 2.24) is 13.7 Å². The molecule has 0 bridgehead atoms. The van der Waals surface area contributed by atoms with E-state index >= 15 is 0 Å². The number of fused-ring (bicyclic) bond motifs is 9. The minimum atomic E-state index is -0.615. The molecule has 11 rings (SSSR count). The molecule has 0 fully saturated rings. The summed E-state index contributed by atoms with van der Waals surface area (Å²) < 4.78 is 84.6. The van der Waals surface area contributed by atoms with Crippen molar-refractivity contribution in [2.24, 2.45) is 0 Å². The first-order valence-electron chi connectivity index (χ1n) is 21.3. The molecule has 0 aliphatic heterocycles. The minimum absolute atomic E-state index is 0.00671. The van der Waals surface area contributed by atoms with Crippen molar-refractivity contribution in [2.45, 2.75) is 0 Å². The SMILES string of the molecule is [2H]c1c([2H])c([2H])c(-c2c([2H])c([2H])c(-n3c4ccccc4c4cc(-n5c6ccccc6c6c(-n7c8ccccc8c8ccccc87)cccc65)ccc43)c([2H])c2[2H])c([2H])c1[2H]. The Hall–Kier alpha value is -6.84. The molecule has 0 saturated carbocycles. The van der Waals surface area contributed by atoms with Crippen molar-refractivity contribution in [3.63, 3.8) is 0 Å². The maximum absolute atomic E-state index is 9.29. The number of aromatic nitrogens is 3. The number of benzene rings is 8. The fourth-order valence-corrected chi connectivity index (χ4v) is 7.91. The van der Waals surface area contributed by atoms with Gasteiger partial charge in [-0.3, -0.25) is 0 Å². The number of nitrogens with zero attached hydrogens (tertiary/aromatic N) is 3. The number of rotatable bonds is 4. The molecule has 0 unspecified atom stereocenters. The molecule has 0 amide bonds.